The van der Waals surface area contributed by atoms with E-state index in [-0.39, 0.29) is 5.56 Å². The number of fused-ring (bicyclic) bond motifs is 1. The lowest BCUT2D eigenvalue weighted by molar-refractivity contribution is 0.102. The first-order chi connectivity index (χ1) is 12.2. The van der Waals surface area contributed by atoms with E-state index in [2.05, 4.69) is 15.5 Å². The highest BCUT2D eigenvalue weighted by Crippen LogP contribution is 2.35. The van der Waals surface area contributed by atoms with E-state index in [0.717, 1.165) is 17.8 Å². The normalized spacial score (nSPS) is 15.4. The van der Waals surface area contributed by atoms with Crippen LogP contribution < -0.4 is 10.9 Å². The molecule has 6 nitrogen and oxygen atoms in total. The largest absolute Gasteiger partial charge is 0.422 e. The Hall–Kier alpha value is -2.54. The third-order valence-corrected chi connectivity index (χ3v) is 5.50. The van der Waals surface area contributed by atoms with Crippen LogP contribution in [0.1, 0.15) is 53.4 Å². The van der Waals surface area contributed by atoms with E-state index in [4.69, 9.17) is 4.42 Å². The van der Waals surface area contributed by atoms with Crippen molar-refractivity contribution in [3.8, 4) is 0 Å². The molecule has 0 aliphatic heterocycles. The van der Waals surface area contributed by atoms with Gasteiger partial charge in [-0.15, -0.1) is 10.2 Å². The van der Waals surface area contributed by atoms with Crippen molar-refractivity contribution in [2.75, 3.05) is 5.32 Å². The van der Waals surface area contributed by atoms with E-state index in [1.807, 2.05) is 6.07 Å². The minimum absolute atomic E-state index is 0.0342. The number of nitrogens with one attached hydrogen (secondary N) is 1. The Bertz CT molecular complexity index is 973. The first-order valence-electron chi connectivity index (χ1n) is 8.38. The van der Waals surface area contributed by atoms with Crippen LogP contribution in [-0.4, -0.2) is 16.1 Å². The van der Waals surface area contributed by atoms with Gasteiger partial charge in [-0.3, -0.25) is 10.1 Å². The third kappa shape index (κ3) is 3.32. The maximum atomic E-state index is 12.4. The van der Waals surface area contributed by atoms with Gasteiger partial charge in [0.25, 0.3) is 5.91 Å². The number of para-hydroxylation sites is 1. The fraction of sp³-hybridized carbons (Fsp3) is 0.333. The fourth-order valence-corrected chi connectivity index (χ4v) is 4.09. The molecule has 1 fully saturated rings. The number of hydrogen-bond acceptors (Lipinski definition) is 6. The summed E-state index contributed by atoms with van der Waals surface area (Å²) in [6.45, 7) is 0. The summed E-state index contributed by atoms with van der Waals surface area (Å²) in [5.41, 5.74) is -0.235. The number of amides is 1. The molecule has 4 rings (SSSR count). The molecule has 128 valence electrons. The summed E-state index contributed by atoms with van der Waals surface area (Å²) < 4.78 is 5.20. The van der Waals surface area contributed by atoms with Gasteiger partial charge in [-0.25, -0.2) is 4.79 Å². The molecule has 1 aliphatic rings. The van der Waals surface area contributed by atoms with E-state index in [0.29, 0.717) is 22.0 Å². The van der Waals surface area contributed by atoms with Crippen molar-refractivity contribution in [2.45, 2.75) is 38.0 Å². The van der Waals surface area contributed by atoms with E-state index in [1.165, 1.54) is 30.6 Å². The SMILES string of the molecule is O=C(Nc1nnc(C2CCCCC2)s1)c1cc2ccccc2oc1=O. The molecule has 1 saturated carbocycles. The van der Waals surface area contributed by atoms with Crippen LogP contribution in [0.15, 0.2) is 39.5 Å². The van der Waals surface area contributed by atoms with Gasteiger partial charge in [0.2, 0.25) is 5.13 Å². The second-order valence-electron chi connectivity index (χ2n) is 6.22. The highest BCUT2D eigenvalue weighted by atomic mass is 32.1. The van der Waals surface area contributed by atoms with Gasteiger partial charge in [0.05, 0.1) is 0 Å². The van der Waals surface area contributed by atoms with Crippen LogP contribution in [0, 0.1) is 0 Å². The topological polar surface area (TPSA) is 85.1 Å². The van der Waals surface area contributed by atoms with Crippen molar-refractivity contribution in [3.63, 3.8) is 0 Å². The molecule has 0 saturated heterocycles. The maximum Gasteiger partial charge on any atom is 0.349 e. The predicted molar refractivity (Wildman–Crippen MR) is 96.2 cm³/mol. The summed E-state index contributed by atoms with van der Waals surface area (Å²) in [4.78, 5) is 24.5. The monoisotopic (exact) mass is 355 g/mol. The molecule has 25 heavy (non-hydrogen) atoms. The molecule has 0 spiro atoms. The summed E-state index contributed by atoms with van der Waals surface area (Å²) in [6.07, 6.45) is 5.94. The van der Waals surface area contributed by atoms with Crippen LogP contribution in [0.4, 0.5) is 5.13 Å². The van der Waals surface area contributed by atoms with Gasteiger partial charge in [-0.05, 0) is 25.0 Å². The molecular formula is C18H17N3O3S. The number of carbonyl (C=O) groups is 1. The molecule has 7 heteroatoms. The number of aromatic nitrogens is 2. The molecule has 1 amide bonds. The number of rotatable bonds is 3. The van der Waals surface area contributed by atoms with Crippen LogP contribution in [-0.2, 0) is 0 Å². The van der Waals surface area contributed by atoms with Crippen molar-refractivity contribution < 1.29 is 9.21 Å². The Balaban J connectivity index is 1.55. The van der Waals surface area contributed by atoms with E-state index >= 15 is 0 Å². The van der Waals surface area contributed by atoms with Crippen LogP contribution in [0.2, 0.25) is 0 Å². The van der Waals surface area contributed by atoms with E-state index in [9.17, 15) is 9.59 Å². The van der Waals surface area contributed by atoms with Crippen LogP contribution in [0.3, 0.4) is 0 Å². The van der Waals surface area contributed by atoms with Crippen molar-refractivity contribution in [2.24, 2.45) is 0 Å². The highest BCUT2D eigenvalue weighted by Gasteiger charge is 2.21. The first kappa shape index (κ1) is 16.0. The van der Waals surface area contributed by atoms with Crippen LogP contribution >= 0.6 is 11.3 Å². The van der Waals surface area contributed by atoms with Crippen molar-refractivity contribution in [3.05, 3.63) is 51.3 Å². The summed E-state index contributed by atoms with van der Waals surface area (Å²) in [7, 11) is 0. The Morgan fingerprint density at radius 1 is 1.16 bits per heavy atom. The predicted octanol–water partition coefficient (Wildman–Crippen LogP) is 3.94. The Morgan fingerprint density at radius 3 is 2.80 bits per heavy atom. The van der Waals surface area contributed by atoms with Gasteiger partial charge in [0.1, 0.15) is 16.2 Å². The minimum atomic E-state index is -0.659. The van der Waals surface area contributed by atoms with Gasteiger partial charge >= 0.3 is 5.63 Å². The molecule has 0 unspecified atom stereocenters. The molecule has 1 aliphatic carbocycles. The van der Waals surface area contributed by atoms with Crippen molar-refractivity contribution >= 4 is 33.3 Å². The Labute approximate surface area is 147 Å². The second-order valence-corrected chi connectivity index (χ2v) is 7.23. The molecule has 0 radical (unpaired) electrons. The lowest BCUT2D eigenvalue weighted by atomic mass is 9.90. The molecular weight excluding hydrogens is 338 g/mol. The molecule has 2 heterocycles. The van der Waals surface area contributed by atoms with Crippen LogP contribution in [0.25, 0.3) is 11.0 Å². The molecule has 3 aromatic rings. The zero-order chi connectivity index (χ0) is 17.2. The lowest BCUT2D eigenvalue weighted by Crippen LogP contribution is -2.20. The summed E-state index contributed by atoms with van der Waals surface area (Å²) >= 11 is 1.39. The minimum Gasteiger partial charge on any atom is -0.422 e. The fourth-order valence-electron chi connectivity index (χ4n) is 3.18. The third-order valence-electron chi connectivity index (χ3n) is 4.50. The Morgan fingerprint density at radius 2 is 1.96 bits per heavy atom. The molecule has 2 aromatic heterocycles. The van der Waals surface area contributed by atoms with E-state index < -0.39 is 11.5 Å². The summed E-state index contributed by atoms with van der Waals surface area (Å²) in [5.74, 6) is -0.0894. The average molecular weight is 355 g/mol. The number of carbonyl (C=O) groups excluding carboxylic acids is 1. The molecule has 0 atom stereocenters. The molecule has 1 N–H and O–H groups in total. The van der Waals surface area contributed by atoms with Crippen molar-refractivity contribution in [1.82, 2.24) is 10.2 Å². The molecule has 0 bridgehead atoms. The van der Waals surface area contributed by atoms with Gasteiger partial charge in [-0.2, -0.15) is 0 Å². The van der Waals surface area contributed by atoms with Gasteiger partial charge < -0.3 is 4.42 Å². The summed E-state index contributed by atoms with van der Waals surface area (Å²) in [5, 5.41) is 13.0. The zero-order valence-corrected chi connectivity index (χ0v) is 14.3. The van der Waals surface area contributed by atoms with Gasteiger partial charge in [0.15, 0.2) is 0 Å². The van der Waals surface area contributed by atoms with Crippen LogP contribution in [0.5, 0.6) is 0 Å². The van der Waals surface area contributed by atoms with Crippen molar-refractivity contribution in [1.29, 1.82) is 0 Å². The quantitative estimate of drug-likeness (QED) is 0.719. The smallest absolute Gasteiger partial charge is 0.349 e. The average Bonchev–Trinajstić information content (AvgIpc) is 3.10. The maximum absolute atomic E-state index is 12.4. The number of benzene rings is 1. The highest BCUT2D eigenvalue weighted by molar-refractivity contribution is 7.15. The summed E-state index contributed by atoms with van der Waals surface area (Å²) in [6, 6.07) is 8.63. The second kappa shape index (κ2) is 6.76. The van der Waals surface area contributed by atoms with E-state index in [1.54, 1.807) is 24.3 Å². The number of anilines is 1. The standard InChI is InChI=1S/C18H17N3O3S/c22-15(13-10-12-8-4-5-9-14(12)24-17(13)23)19-18-21-20-16(25-18)11-6-2-1-3-7-11/h4-5,8-11H,1-3,6-7H2,(H,19,21,22). The Kier molecular flexibility index (Phi) is 4.31. The number of nitrogens with zero attached hydrogens (tertiary/aromatic N) is 2. The first-order valence-corrected chi connectivity index (χ1v) is 9.20. The lowest BCUT2D eigenvalue weighted by Gasteiger charge is -2.18. The van der Waals surface area contributed by atoms with Gasteiger partial charge in [-0.1, -0.05) is 48.8 Å². The number of hydrogen-bond donors (Lipinski definition) is 1. The van der Waals surface area contributed by atoms with Gasteiger partial charge in [0, 0.05) is 11.3 Å². The molecule has 1 aromatic carbocycles. The zero-order valence-electron chi connectivity index (χ0n) is 13.5.